The van der Waals surface area contributed by atoms with E-state index in [0.29, 0.717) is 11.3 Å². The molecule has 4 nitrogen and oxygen atoms in total. The first-order valence-corrected chi connectivity index (χ1v) is 14.8. The average molecular weight is 766 g/mol. The Morgan fingerprint density at radius 1 is 0.622 bits per heavy atom. The van der Waals surface area contributed by atoms with Crippen molar-refractivity contribution in [2.75, 3.05) is 0 Å². The maximum absolute atomic E-state index is 10.8. The summed E-state index contributed by atoms with van der Waals surface area (Å²) in [6.07, 6.45) is 6.03. The minimum absolute atomic E-state index is 0. The van der Waals surface area contributed by atoms with E-state index in [1.54, 1.807) is 6.07 Å². The van der Waals surface area contributed by atoms with Gasteiger partial charge in [0.2, 0.25) is 0 Å². The molecule has 0 aliphatic heterocycles. The van der Waals surface area contributed by atoms with Gasteiger partial charge in [-0.05, 0) is 70.1 Å². The zero-order chi connectivity index (χ0) is 30.3. The summed E-state index contributed by atoms with van der Waals surface area (Å²) in [5.74, 6) is 0.190. The molecule has 0 saturated heterocycles. The third-order valence-corrected chi connectivity index (χ3v) is 8.07. The van der Waals surface area contributed by atoms with Crippen LogP contribution in [-0.2, 0) is 26.5 Å². The molecule has 0 aliphatic rings. The van der Waals surface area contributed by atoms with Gasteiger partial charge in [0.05, 0.1) is 11.2 Å². The fourth-order valence-corrected chi connectivity index (χ4v) is 5.72. The van der Waals surface area contributed by atoms with Crippen molar-refractivity contribution in [2.45, 2.75) is 26.2 Å². The Bertz CT molecular complexity index is 2140. The Labute approximate surface area is 278 Å². The standard InChI is InChI=1S/C40H32N3O.Pt/c1-40(2,3)30-18-20-41-35(26-30)27-11-10-12-28(23-27)36-24-29(25-37(42-36)34-15-6-7-17-39(34)44)31-13-4-5-14-32(31)33-19-22-43-21-9-8-16-38(33)43;/h4-22,24-26,44H,1-3H3;/q-1;. The topological polar surface area (TPSA) is 50.4 Å². The minimum atomic E-state index is 0. The van der Waals surface area contributed by atoms with Gasteiger partial charge in [0, 0.05) is 62.2 Å². The molecule has 0 atom stereocenters. The van der Waals surface area contributed by atoms with Crippen molar-refractivity contribution in [3.05, 3.63) is 145 Å². The summed E-state index contributed by atoms with van der Waals surface area (Å²) >= 11 is 0. The van der Waals surface area contributed by atoms with Crippen molar-refractivity contribution < 1.29 is 26.2 Å². The summed E-state index contributed by atoms with van der Waals surface area (Å²) in [6, 6.07) is 42.3. The number of hydrogen-bond acceptors (Lipinski definition) is 3. The number of rotatable bonds is 5. The molecule has 0 saturated carbocycles. The number of pyridine rings is 3. The Hall–Kier alpha value is -4.79. The molecule has 0 fully saturated rings. The number of nitrogens with zero attached hydrogens (tertiary/aromatic N) is 3. The van der Waals surface area contributed by atoms with Gasteiger partial charge in [0.15, 0.2) is 0 Å². The smallest absolute Gasteiger partial charge is 0.124 e. The SMILES string of the molecule is CC(C)(C)c1ccnc(-c2[c-]c(-c3cc(-c4ccccc4-c4ccn5ccccc45)cc(-c4ccccc4O)n3)ccc2)c1.[Pt]. The van der Waals surface area contributed by atoms with Crippen LogP contribution < -0.4 is 0 Å². The molecule has 0 unspecified atom stereocenters. The van der Waals surface area contributed by atoms with Gasteiger partial charge >= 0.3 is 0 Å². The Morgan fingerprint density at radius 2 is 1.31 bits per heavy atom. The van der Waals surface area contributed by atoms with E-state index < -0.39 is 0 Å². The molecule has 0 aliphatic carbocycles. The summed E-state index contributed by atoms with van der Waals surface area (Å²) in [6.45, 7) is 6.62. The van der Waals surface area contributed by atoms with Gasteiger partial charge in [0.1, 0.15) is 5.75 Å². The van der Waals surface area contributed by atoms with Crippen molar-refractivity contribution >= 4 is 5.52 Å². The molecule has 4 aromatic heterocycles. The molecule has 3 aromatic carbocycles. The van der Waals surface area contributed by atoms with Crippen LogP contribution in [0, 0.1) is 6.07 Å². The first kappa shape index (κ1) is 30.2. The minimum Gasteiger partial charge on any atom is -0.507 e. The zero-order valence-corrected chi connectivity index (χ0v) is 27.6. The van der Waals surface area contributed by atoms with E-state index in [9.17, 15) is 5.11 Å². The molecule has 224 valence electrons. The molecule has 7 aromatic rings. The van der Waals surface area contributed by atoms with Gasteiger partial charge in [-0.3, -0.25) is 9.97 Å². The fraction of sp³-hybridized carbons (Fsp3) is 0.100. The van der Waals surface area contributed by atoms with Crippen LogP contribution in [0.25, 0.3) is 61.5 Å². The molecular formula is C40H32N3OPt-. The van der Waals surface area contributed by atoms with Crippen LogP contribution >= 0.6 is 0 Å². The third kappa shape index (κ3) is 5.99. The quantitative estimate of drug-likeness (QED) is 0.178. The van der Waals surface area contributed by atoms with Gasteiger partial charge in [0.25, 0.3) is 0 Å². The van der Waals surface area contributed by atoms with Crippen LogP contribution in [0.2, 0.25) is 0 Å². The van der Waals surface area contributed by atoms with E-state index >= 15 is 0 Å². The van der Waals surface area contributed by atoms with Crippen LogP contribution in [0.15, 0.2) is 134 Å². The van der Waals surface area contributed by atoms with Gasteiger partial charge < -0.3 is 9.51 Å². The summed E-state index contributed by atoms with van der Waals surface area (Å²) in [5, 5.41) is 10.8. The van der Waals surface area contributed by atoms with Crippen molar-refractivity contribution in [3.8, 4) is 61.8 Å². The number of fused-ring (bicyclic) bond motifs is 1. The third-order valence-electron chi connectivity index (χ3n) is 8.07. The number of para-hydroxylation sites is 1. The molecule has 5 heteroatoms. The second-order valence-electron chi connectivity index (χ2n) is 12.1. The number of hydrogen-bond donors (Lipinski definition) is 1. The molecule has 7 rings (SSSR count). The summed E-state index contributed by atoms with van der Waals surface area (Å²) in [7, 11) is 0. The Balaban J connectivity index is 0.00000357. The number of aromatic hydroxyl groups is 1. The number of phenolic OH excluding ortho intramolecular Hbond substituents is 1. The van der Waals surface area contributed by atoms with E-state index in [1.165, 1.54) is 5.56 Å². The second-order valence-corrected chi connectivity index (χ2v) is 12.1. The van der Waals surface area contributed by atoms with E-state index in [-0.39, 0.29) is 32.2 Å². The van der Waals surface area contributed by atoms with Crippen molar-refractivity contribution in [3.63, 3.8) is 0 Å². The number of phenols is 1. The van der Waals surface area contributed by atoms with Crippen LogP contribution in [0.3, 0.4) is 0 Å². The molecule has 4 heterocycles. The predicted octanol–water partition coefficient (Wildman–Crippen LogP) is 9.87. The monoisotopic (exact) mass is 765 g/mol. The van der Waals surface area contributed by atoms with Crippen LogP contribution in [0.1, 0.15) is 26.3 Å². The van der Waals surface area contributed by atoms with Gasteiger partial charge in [-0.1, -0.05) is 86.5 Å². The maximum Gasteiger partial charge on any atom is 0.124 e. The zero-order valence-electron chi connectivity index (χ0n) is 25.3. The second kappa shape index (κ2) is 12.3. The number of benzene rings is 3. The van der Waals surface area contributed by atoms with E-state index in [4.69, 9.17) is 4.98 Å². The predicted molar refractivity (Wildman–Crippen MR) is 179 cm³/mol. The summed E-state index contributed by atoms with van der Waals surface area (Å²) in [4.78, 5) is 9.76. The Morgan fingerprint density at radius 3 is 2.09 bits per heavy atom. The molecule has 0 radical (unpaired) electrons. The average Bonchev–Trinajstić information content (AvgIpc) is 3.49. The van der Waals surface area contributed by atoms with Crippen molar-refractivity contribution in [2.24, 2.45) is 0 Å². The normalized spacial score (nSPS) is 11.4. The first-order valence-electron chi connectivity index (χ1n) is 14.8. The maximum atomic E-state index is 10.8. The van der Waals surface area contributed by atoms with Crippen LogP contribution in [-0.4, -0.2) is 19.5 Å². The van der Waals surface area contributed by atoms with E-state index in [1.807, 2.05) is 48.7 Å². The molecule has 1 N–H and O–H groups in total. The number of aromatic nitrogens is 3. The van der Waals surface area contributed by atoms with Crippen LogP contribution in [0.5, 0.6) is 5.75 Å². The molecule has 0 bridgehead atoms. The van der Waals surface area contributed by atoms with E-state index in [2.05, 4.69) is 115 Å². The largest absolute Gasteiger partial charge is 0.507 e. The fourth-order valence-electron chi connectivity index (χ4n) is 5.72. The van der Waals surface area contributed by atoms with Gasteiger partial charge in [-0.25, -0.2) is 0 Å². The van der Waals surface area contributed by atoms with Crippen molar-refractivity contribution in [1.82, 2.24) is 14.4 Å². The molecule has 0 amide bonds. The molecular weight excluding hydrogens is 734 g/mol. The Kier molecular flexibility index (Phi) is 8.27. The van der Waals surface area contributed by atoms with Gasteiger partial charge in [-0.2, -0.15) is 0 Å². The first-order chi connectivity index (χ1) is 21.3. The van der Waals surface area contributed by atoms with Crippen LogP contribution in [0.4, 0.5) is 0 Å². The van der Waals surface area contributed by atoms with Gasteiger partial charge in [-0.15, -0.1) is 24.3 Å². The molecule has 0 spiro atoms. The summed E-state index contributed by atoms with van der Waals surface area (Å²) < 4.78 is 2.14. The summed E-state index contributed by atoms with van der Waals surface area (Å²) in [5.41, 5.74) is 11.5. The van der Waals surface area contributed by atoms with Crippen molar-refractivity contribution in [1.29, 1.82) is 0 Å². The molecule has 45 heavy (non-hydrogen) atoms. The van der Waals surface area contributed by atoms with E-state index in [0.717, 1.165) is 50.3 Å².